The van der Waals surface area contributed by atoms with Gasteiger partial charge in [-0.05, 0) is 62.9 Å². The molecule has 0 saturated carbocycles. The zero-order valence-electron chi connectivity index (χ0n) is 20.1. The Bertz CT molecular complexity index is 1120. The minimum Gasteiger partial charge on any atom is -0.376 e. The Morgan fingerprint density at radius 1 is 0.882 bits per heavy atom. The van der Waals surface area contributed by atoms with E-state index in [-0.39, 0.29) is 29.8 Å². The summed E-state index contributed by atoms with van der Waals surface area (Å²) in [5.74, 6) is -0.678. The van der Waals surface area contributed by atoms with E-state index in [0.29, 0.717) is 18.8 Å². The first-order valence-corrected chi connectivity index (χ1v) is 13.1. The molecule has 2 amide bonds. The molecule has 0 bridgehead atoms. The van der Waals surface area contributed by atoms with Crippen LogP contribution in [0.25, 0.3) is 0 Å². The third-order valence-corrected chi connectivity index (χ3v) is 7.77. The number of carbonyl (C=O) groups excluding carboxylic acids is 2. The summed E-state index contributed by atoms with van der Waals surface area (Å²) in [5.41, 5.74) is 4.34. The maximum atomic E-state index is 13.0. The Morgan fingerprint density at radius 2 is 1.53 bits per heavy atom. The van der Waals surface area contributed by atoms with Crippen LogP contribution in [-0.4, -0.2) is 50.7 Å². The van der Waals surface area contributed by atoms with E-state index in [1.54, 1.807) is 28.6 Å². The molecule has 2 aromatic rings. The molecule has 0 aliphatic carbocycles. The SMILES string of the molecule is Cc1cc(C)c(NC(=O)CNC(=O)CNc2cccc(S(=O)(=O)N3CCCCCC3)c2)c(C)c1. The van der Waals surface area contributed by atoms with Crippen molar-refractivity contribution in [1.82, 2.24) is 9.62 Å². The highest BCUT2D eigenvalue weighted by molar-refractivity contribution is 7.89. The summed E-state index contributed by atoms with van der Waals surface area (Å²) < 4.78 is 27.5. The summed E-state index contributed by atoms with van der Waals surface area (Å²) in [7, 11) is -3.57. The lowest BCUT2D eigenvalue weighted by Crippen LogP contribution is -2.36. The van der Waals surface area contributed by atoms with E-state index >= 15 is 0 Å². The molecule has 1 aliphatic heterocycles. The first kappa shape index (κ1) is 25.7. The van der Waals surface area contributed by atoms with Crippen molar-refractivity contribution in [3.05, 3.63) is 53.1 Å². The maximum Gasteiger partial charge on any atom is 0.243 e. The lowest BCUT2D eigenvalue weighted by molar-refractivity contribution is -0.122. The molecule has 0 radical (unpaired) electrons. The van der Waals surface area contributed by atoms with E-state index in [1.165, 1.54) is 0 Å². The average molecular weight is 487 g/mol. The van der Waals surface area contributed by atoms with Gasteiger partial charge < -0.3 is 16.0 Å². The molecular formula is C25H34N4O4S. The number of hydrogen-bond donors (Lipinski definition) is 3. The van der Waals surface area contributed by atoms with Crippen molar-refractivity contribution in [3.8, 4) is 0 Å². The first-order valence-electron chi connectivity index (χ1n) is 11.7. The van der Waals surface area contributed by atoms with Crippen LogP contribution in [0.15, 0.2) is 41.3 Å². The van der Waals surface area contributed by atoms with Gasteiger partial charge >= 0.3 is 0 Å². The van der Waals surface area contributed by atoms with Crippen LogP contribution in [0.4, 0.5) is 11.4 Å². The molecular weight excluding hydrogens is 452 g/mol. The maximum absolute atomic E-state index is 13.0. The molecule has 0 spiro atoms. The minimum atomic E-state index is -3.57. The van der Waals surface area contributed by atoms with Crippen LogP contribution in [0.3, 0.4) is 0 Å². The normalized spacial score (nSPS) is 14.8. The fraction of sp³-hybridized carbons (Fsp3) is 0.440. The largest absolute Gasteiger partial charge is 0.376 e. The number of aryl methyl sites for hydroxylation is 3. The van der Waals surface area contributed by atoms with E-state index in [4.69, 9.17) is 0 Å². The summed E-state index contributed by atoms with van der Waals surface area (Å²) in [4.78, 5) is 24.7. The smallest absolute Gasteiger partial charge is 0.243 e. The lowest BCUT2D eigenvalue weighted by Gasteiger charge is -2.20. The summed E-state index contributed by atoms with van der Waals surface area (Å²) in [5, 5.41) is 8.38. The number of anilines is 2. The van der Waals surface area contributed by atoms with Gasteiger partial charge in [0.15, 0.2) is 0 Å². The molecule has 9 heteroatoms. The van der Waals surface area contributed by atoms with Crippen molar-refractivity contribution in [1.29, 1.82) is 0 Å². The van der Waals surface area contributed by atoms with Crippen molar-refractivity contribution in [2.45, 2.75) is 51.3 Å². The zero-order valence-corrected chi connectivity index (χ0v) is 20.9. The molecule has 8 nitrogen and oxygen atoms in total. The molecule has 1 heterocycles. The summed E-state index contributed by atoms with van der Waals surface area (Å²) in [6.45, 7) is 6.69. The Kier molecular flexibility index (Phi) is 8.68. The summed E-state index contributed by atoms with van der Waals surface area (Å²) >= 11 is 0. The standard InChI is InChI=1S/C25H34N4O4S/c1-18-13-19(2)25(20(3)14-18)28-24(31)17-27-23(30)16-26-21-9-8-10-22(15-21)34(32,33)29-11-6-4-5-7-12-29/h8-10,13-15,26H,4-7,11-12,16-17H2,1-3H3,(H,27,30)(H,28,31). The number of rotatable bonds is 8. The molecule has 0 atom stereocenters. The molecule has 1 aliphatic rings. The number of nitrogens with zero attached hydrogens (tertiary/aromatic N) is 1. The Balaban J connectivity index is 1.52. The Hall–Kier alpha value is -2.91. The number of carbonyl (C=O) groups is 2. The molecule has 184 valence electrons. The molecule has 34 heavy (non-hydrogen) atoms. The second kappa shape index (κ2) is 11.5. The second-order valence-electron chi connectivity index (χ2n) is 8.80. The van der Waals surface area contributed by atoms with Gasteiger partial charge in [0.1, 0.15) is 0 Å². The van der Waals surface area contributed by atoms with Gasteiger partial charge in [0.25, 0.3) is 0 Å². The van der Waals surface area contributed by atoms with E-state index in [0.717, 1.165) is 48.1 Å². The van der Waals surface area contributed by atoms with Crippen LogP contribution in [0.2, 0.25) is 0 Å². The van der Waals surface area contributed by atoms with Crippen molar-refractivity contribution >= 4 is 33.2 Å². The third-order valence-electron chi connectivity index (χ3n) is 5.88. The van der Waals surface area contributed by atoms with E-state index in [2.05, 4.69) is 16.0 Å². The first-order chi connectivity index (χ1) is 16.2. The van der Waals surface area contributed by atoms with Crippen LogP contribution in [-0.2, 0) is 19.6 Å². The van der Waals surface area contributed by atoms with E-state index in [1.807, 2.05) is 32.9 Å². The van der Waals surface area contributed by atoms with Crippen LogP contribution in [0.1, 0.15) is 42.4 Å². The molecule has 1 saturated heterocycles. The Morgan fingerprint density at radius 3 is 2.18 bits per heavy atom. The number of nitrogens with one attached hydrogen (secondary N) is 3. The average Bonchev–Trinajstić information content (AvgIpc) is 3.09. The highest BCUT2D eigenvalue weighted by atomic mass is 32.2. The monoisotopic (exact) mass is 486 g/mol. The summed E-state index contributed by atoms with van der Waals surface area (Å²) in [6.07, 6.45) is 3.83. The molecule has 2 aromatic carbocycles. The highest BCUT2D eigenvalue weighted by Gasteiger charge is 2.25. The number of sulfonamides is 1. The fourth-order valence-corrected chi connectivity index (χ4v) is 5.75. The number of hydrogen-bond acceptors (Lipinski definition) is 5. The van der Waals surface area contributed by atoms with Crippen LogP contribution in [0.5, 0.6) is 0 Å². The minimum absolute atomic E-state index is 0.0803. The molecule has 3 N–H and O–H groups in total. The van der Waals surface area contributed by atoms with Crippen molar-refractivity contribution in [2.75, 3.05) is 36.8 Å². The van der Waals surface area contributed by atoms with Crippen LogP contribution >= 0.6 is 0 Å². The summed E-state index contributed by atoms with van der Waals surface area (Å²) in [6, 6.07) is 10.5. The molecule has 1 fully saturated rings. The van der Waals surface area contributed by atoms with Crippen molar-refractivity contribution < 1.29 is 18.0 Å². The van der Waals surface area contributed by atoms with Gasteiger partial charge in [0, 0.05) is 24.5 Å². The zero-order chi connectivity index (χ0) is 24.7. The fourth-order valence-electron chi connectivity index (χ4n) is 4.18. The van der Waals surface area contributed by atoms with Gasteiger partial charge in [-0.1, -0.05) is 36.6 Å². The van der Waals surface area contributed by atoms with Gasteiger partial charge in [-0.15, -0.1) is 0 Å². The predicted octanol–water partition coefficient (Wildman–Crippen LogP) is 3.34. The van der Waals surface area contributed by atoms with Crippen LogP contribution in [0, 0.1) is 20.8 Å². The third kappa shape index (κ3) is 6.80. The van der Waals surface area contributed by atoms with Crippen molar-refractivity contribution in [3.63, 3.8) is 0 Å². The van der Waals surface area contributed by atoms with Gasteiger partial charge in [-0.25, -0.2) is 8.42 Å². The lowest BCUT2D eigenvalue weighted by atomic mass is 10.1. The topological polar surface area (TPSA) is 108 Å². The van der Waals surface area contributed by atoms with Crippen LogP contribution < -0.4 is 16.0 Å². The van der Waals surface area contributed by atoms with E-state index in [9.17, 15) is 18.0 Å². The molecule has 0 aromatic heterocycles. The van der Waals surface area contributed by atoms with Gasteiger partial charge in [0.05, 0.1) is 18.0 Å². The number of benzene rings is 2. The molecule has 0 unspecified atom stereocenters. The van der Waals surface area contributed by atoms with Gasteiger partial charge in [-0.3, -0.25) is 9.59 Å². The predicted molar refractivity (Wildman–Crippen MR) is 134 cm³/mol. The highest BCUT2D eigenvalue weighted by Crippen LogP contribution is 2.23. The quantitative estimate of drug-likeness (QED) is 0.530. The van der Waals surface area contributed by atoms with Gasteiger partial charge in [0.2, 0.25) is 21.8 Å². The number of amides is 2. The van der Waals surface area contributed by atoms with Crippen molar-refractivity contribution in [2.24, 2.45) is 0 Å². The molecule has 3 rings (SSSR count). The Labute approximate surface area is 202 Å². The second-order valence-corrected chi connectivity index (χ2v) is 10.7. The van der Waals surface area contributed by atoms with E-state index < -0.39 is 10.0 Å². The van der Waals surface area contributed by atoms with Gasteiger partial charge in [-0.2, -0.15) is 4.31 Å².